The predicted octanol–water partition coefficient (Wildman–Crippen LogP) is 2.60. The second kappa shape index (κ2) is 9.45. The van der Waals surface area contributed by atoms with Crippen molar-refractivity contribution in [1.29, 1.82) is 0 Å². The fourth-order valence-electron chi connectivity index (χ4n) is 3.79. The van der Waals surface area contributed by atoms with Crippen molar-refractivity contribution in [3.05, 3.63) is 41.3 Å². The number of methoxy groups -OCH3 is 2. The second-order valence-electron chi connectivity index (χ2n) is 7.73. The smallest absolute Gasteiger partial charge is 0.274 e. The van der Waals surface area contributed by atoms with Crippen LogP contribution in [-0.4, -0.2) is 66.2 Å². The first kappa shape index (κ1) is 22.5. The summed E-state index contributed by atoms with van der Waals surface area (Å²) >= 11 is 0. The van der Waals surface area contributed by atoms with Crippen LogP contribution in [0.1, 0.15) is 21.9 Å². The lowest BCUT2D eigenvalue weighted by Crippen LogP contribution is -2.37. The van der Waals surface area contributed by atoms with Crippen LogP contribution in [0.4, 0.5) is 11.6 Å². The molecule has 1 amide bonds. The summed E-state index contributed by atoms with van der Waals surface area (Å²) in [5.41, 5.74) is 3.73. The number of aromatic nitrogens is 4. The minimum absolute atomic E-state index is 0.299. The monoisotopic (exact) mass is 452 g/mol. The van der Waals surface area contributed by atoms with Gasteiger partial charge in [0.1, 0.15) is 17.2 Å². The number of carbonyl (C=O) groups excluding carboxylic acids is 1. The van der Waals surface area contributed by atoms with E-state index in [0.717, 1.165) is 18.7 Å². The molecule has 0 spiro atoms. The molecule has 4 rings (SSSR count). The highest BCUT2D eigenvalue weighted by Crippen LogP contribution is 2.33. The quantitative estimate of drug-likeness (QED) is 0.609. The van der Waals surface area contributed by atoms with E-state index in [1.165, 1.54) is 4.68 Å². The first-order valence-corrected chi connectivity index (χ1v) is 10.7. The molecule has 3 aromatic rings. The van der Waals surface area contributed by atoms with E-state index < -0.39 is 0 Å². The van der Waals surface area contributed by atoms with Crippen molar-refractivity contribution >= 4 is 17.5 Å². The van der Waals surface area contributed by atoms with Crippen LogP contribution in [-0.2, 0) is 11.8 Å². The number of aryl methyl sites for hydroxylation is 3. The van der Waals surface area contributed by atoms with E-state index in [4.69, 9.17) is 14.2 Å². The van der Waals surface area contributed by atoms with Crippen molar-refractivity contribution < 1.29 is 19.0 Å². The Labute approximate surface area is 192 Å². The van der Waals surface area contributed by atoms with Crippen LogP contribution in [0.2, 0.25) is 0 Å². The average Bonchev–Trinajstić information content (AvgIpc) is 3.22. The predicted molar refractivity (Wildman–Crippen MR) is 124 cm³/mol. The van der Waals surface area contributed by atoms with Crippen LogP contribution in [0.5, 0.6) is 11.5 Å². The van der Waals surface area contributed by atoms with Gasteiger partial charge in [-0.15, -0.1) is 0 Å². The molecular weight excluding hydrogens is 424 g/mol. The van der Waals surface area contributed by atoms with Gasteiger partial charge in [0.25, 0.3) is 5.91 Å². The van der Waals surface area contributed by atoms with Crippen molar-refractivity contribution in [2.45, 2.75) is 13.8 Å². The molecule has 0 bridgehead atoms. The molecule has 0 radical (unpaired) electrons. The maximum absolute atomic E-state index is 13.1. The molecule has 33 heavy (non-hydrogen) atoms. The number of nitrogens with one attached hydrogen (secondary N) is 1. The van der Waals surface area contributed by atoms with Crippen molar-refractivity contribution in [2.75, 3.05) is 50.7 Å². The number of anilines is 2. The summed E-state index contributed by atoms with van der Waals surface area (Å²) in [6, 6.07) is 7.17. The molecule has 3 heterocycles. The number of rotatable bonds is 6. The van der Waals surface area contributed by atoms with Gasteiger partial charge in [-0.05, 0) is 38.1 Å². The molecule has 1 aliphatic heterocycles. The number of benzene rings is 1. The molecule has 1 saturated heterocycles. The third kappa shape index (κ3) is 4.61. The minimum atomic E-state index is -0.299. The first-order valence-electron chi connectivity index (χ1n) is 10.7. The molecule has 0 atom stereocenters. The van der Waals surface area contributed by atoms with Gasteiger partial charge in [-0.25, -0.2) is 9.97 Å². The van der Waals surface area contributed by atoms with Crippen molar-refractivity contribution in [3.8, 4) is 22.8 Å². The van der Waals surface area contributed by atoms with Crippen LogP contribution in [0.15, 0.2) is 24.3 Å². The summed E-state index contributed by atoms with van der Waals surface area (Å²) in [6.07, 6.45) is 0. The zero-order chi connectivity index (χ0) is 23.5. The van der Waals surface area contributed by atoms with Gasteiger partial charge in [0.2, 0.25) is 5.95 Å². The summed E-state index contributed by atoms with van der Waals surface area (Å²) in [6.45, 7) is 6.53. The Morgan fingerprint density at radius 1 is 1.06 bits per heavy atom. The maximum Gasteiger partial charge on any atom is 0.274 e. The van der Waals surface area contributed by atoms with E-state index in [9.17, 15) is 4.79 Å². The third-order valence-electron chi connectivity index (χ3n) is 5.59. The Morgan fingerprint density at radius 2 is 1.76 bits per heavy atom. The normalized spacial score (nSPS) is 13.7. The third-order valence-corrected chi connectivity index (χ3v) is 5.59. The topological polar surface area (TPSA) is 104 Å². The summed E-state index contributed by atoms with van der Waals surface area (Å²) in [7, 11) is 4.91. The minimum Gasteiger partial charge on any atom is -0.497 e. The highest BCUT2D eigenvalue weighted by Gasteiger charge is 2.21. The molecule has 0 unspecified atom stereocenters. The Kier molecular flexibility index (Phi) is 6.45. The molecule has 174 valence electrons. The largest absolute Gasteiger partial charge is 0.497 e. The fraction of sp³-hybridized carbons (Fsp3) is 0.391. The summed E-state index contributed by atoms with van der Waals surface area (Å²) in [5, 5.41) is 7.48. The van der Waals surface area contributed by atoms with Gasteiger partial charge in [-0.3, -0.25) is 9.48 Å². The molecule has 1 N–H and O–H groups in total. The molecular formula is C23H28N6O4. The number of hydrogen-bond donors (Lipinski definition) is 1. The molecule has 10 heteroatoms. The lowest BCUT2D eigenvalue weighted by molar-refractivity contribution is 0.101. The summed E-state index contributed by atoms with van der Waals surface area (Å²) in [4.78, 5) is 24.5. The average molecular weight is 453 g/mol. The van der Waals surface area contributed by atoms with Crippen LogP contribution in [0, 0.1) is 13.8 Å². The van der Waals surface area contributed by atoms with E-state index in [0.29, 0.717) is 59.1 Å². The molecule has 2 aromatic heterocycles. The van der Waals surface area contributed by atoms with Gasteiger partial charge in [-0.1, -0.05) is 0 Å². The first-order chi connectivity index (χ1) is 15.9. The number of morpholine rings is 1. The fourth-order valence-corrected chi connectivity index (χ4v) is 3.79. The molecule has 0 saturated carbocycles. The van der Waals surface area contributed by atoms with Crippen LogP contribution in [0.3, 0.4) is 0 Å². The number of hydrogen-bond acceptors (Lipinski definition) is 8. The summed E-state index contributed by atoms with van der Waals surface area (Å²) < 4.78 is 17.7. The van der Waals surface area contributed by atoms with E-state index >= 15 is 0 Å². The van der Waals surface area contributed by atoms with Crippen LogP contribution < -0.4 is 19.7 Å². The summed E-state index contributed by atoms with van der Waals surface area (Å²) in [5.74, 6) is 1.66. The van der Waals surface area contributed by atoms with Gasteiger partial charge in [0.15, 0.2) is 0 Å². The Morgan fingerprint density at radius 3 is 2.39 bits per heavy atom. The van der Waals surface area contributed by atoms with E-state index in [-0.39, 0.29) is 5.91 Å². The Bertz CT molecular complexity index is 1150. The second-order valence-corrected chi connectivity index (χ2v) is 7.73. The van der Waals surface area contributed by atoms with Gasteiger partial charge in [0.05, 0.1) is 50.2 Å². The van der Waals surface area contributed by atoms with Gasteiger partial charge in [0, 0.05) is 25.7 Å². The zero-order valence-electron chi connectivity index (χ0n) is 19.5. The Hall–Kier alpha value is -3.66. The standard InChI is InChI=1S/C23H28N6O4/c1-14-21(15(2)25-23(24-14)29-8-10-33-11-9-29)26-22(30)19-13-18(27-28(19)3)17-12-16(31-4)6-7-20(17)32-5/h6-7,12-13H,8-11H2,1-5H3,(H,26,30). The zero-order valence-corrected chi connectivity index (χ0v) is 19.5. The number of amides is 1. The molecule has 10 nitrogen and oxygen atoms in total. The highest BCUT2D eigenvalue weighted by atomic mass is 16.5. The van der Waals surface area contributed by atoms with Crippen molar-refractivity contribution in [1.82, 2.24) is 19.7 Å². The Balaban J connectivity index is 1.60. The van der Waals surface area contributed by atoms with Crippen molar-refractivity contribution in [3.63, 3.8) is 0 Å². The number of ether oxygens (including phenoxy) is 3. The highest BCUT2D eigenvalue weighted by molar-refractivity contribution is 6.04. The van der Waals surface area contributed by atoms with Crippen molar-refractivity contribution in [2.24, 2.45) is 7.05 Å². The molecule has 1 aliphatic rings. The van der Waals surface area contributed by atoms with E-state index in [1.54, 1.807) is 27.3 Å². The van der Waals surface area contributed by atoms with Gasteiger partial charge >= 0.3 is 0 Å². The van der Waals surface area contributed by atoms with E-state index in [2.05, 4.69) is 25.3 Å². The lowest BCUT2D eigenvalue weighted by Gasteiger charge is -2.27. The van der Waals surface area contributed by atoms with Gasteiger partial charge < -0.3 is 24.4 Å². The molecule has 1 aromatic carbocycles. The maximum atomic E-state index is 13.1. The number of carbonyl (C=O) groups is 1. The van der Waals surface area contributed by atoms with Gasteiger partial charge in [-0.2, -0.15) is 5.10 Å². The lowest BCUT2D eigenvalue weighted by atomic mass is 10.1. The van der Waals surface area contributed by atoms with E-state index in [1.807, 2.05) is 32.0 Å². The molecule has 0 aliphatic carbocycles. The SMILES string of the molecule is COc1ccc(OC)c(-c2cc(C(=O)Nc3c(C)nc(N4CCOCC4)nc3C)n(C)n2)c1. The van der Waals surface area contributed by atoms with Crippen LogP contribution in [0.25, 0.3) is 11.3 Å². The van der Waals surface area contributed by atoms with Crippen LogP contribution >= 0.6 is 0 Å². The molecule has 1 fully saturated rings. The number of nitrogens with zero attached hydrogens (tertiary/aromatic N) is 5.